The van der Waals surface area contributed by atoms with E-state index in [1.807, 2.05) is 12.1 Å². The van der Waals surface area contributed by atoms with Crippen molar-refractivity contribution in [2.75, 3.05) is 39.9 Å². The largest absolute Gasteiger partial charge is 0.385 e. The van der Waals surface area contributed by atoms with Gasteiger partial charge in [0.05, 0.1) is 0 Å². The first-order valence-corrected chi connectivity index (χ1v) is 10.4. The van der Waals surface area contributed by atoms with Crippen molar-refractivity contribution in [2.24, 2.45) is 5.92 Å². The SMILES string of the molecule is COCCCC1CCCN(C(=O)c2ccc(CN3CCCCC3)cc2)C1. The van der Waals surface area contributed by atoms with Crippen LogP contribution >= 0.6 is 0 Å². The lowest BCUT2D eigenvalue weighted by Crippen LogP contribution is -2.40. The van der Waals surface area contributed by atoms with Crippen LogP contribution in [0.1, 0.15) is 60.9 Å². The molecule has 3 rings (SSSR count). The van der Waals surface area contributed by atoms with Crippen molar-refractivity contribution < 1.29 is 9.53 Å². The van der Waals surface area contributed by atoms with E-state index in [-0.39, 0.29) is 5.91 Å². The molecule has 144 valence electrons. The van der Waals surface area contributed by atoms with Gasteiger partial charge in [-0.1, -0.05) is 18.6 Å². The van der Waals surface area contributed by atoms with E-state index in [1.165, 1.54) is 44.3 Å². The standard InChI is InChI=1S/C22H34N2O2/c1-26-16-6-8-19-7-5-15-24(18-19)22(25)21-11-9-20(10-12-21)17-23-13-3-2-4-14-23/h9-12,19H,2-8,13-18H2,1H3. The van der Waals surface area contributed by atoms with Crippen LogP contribution in [0.3, 0.4) is 0 Å². The number of benzene rings is 1. The summed E-state index contributed by atoms with van der Waals surface area (Å²) in [6.45, 7) is 6.05. The summed E-state index contributed by atoms with van der Waals surface area (Å²) in [7, 11) is 1.76. The van der Waals surface area contributed by atoms with Gasteiger partial charge in [-0.25, -0.2) is 0 Å². The van der Waals surface area contributed by atoms with E-state index in [9.17, 15) is 4.79 Å². The Bertz CT molecular complexity index is 552. The molecule has 4 heteroatoms. The van der Waals surface area contributed by atoms with Crippen molar-refractivity contribution in [1.82, 2.24) is 9.80 Å². The van der Waals surface area contributed by atoms with Crippen molar-refractivity contribution in [2.45, 2.75) is 51.5 Å². The normalized spacial score (nSPS) is 21.7. The fourth-order valence-electron chi connectivity index (χ4n) is 4.31. The molecular weight excluding hydrogens is 324 g/mol. The number of ether oxygens (including phenoxy) is 1. The minimum absolute atomic E-state index is 0.200. The van der Waals surface area contributed by atoms with Crippen molar-refractivity contribution in [3.63, 3.8) is 0 Å². The lowest BCUT2D eigenvalue weighted by atomic mass is 9.93. The highest BCUT2D eigenvalue weighted by molar-refractivity contribution is 5.94. The lowest BCUT2D eigenvalue weighted by molar-refractivity contribution is 0.0660. The number of likely N-dealkylation sites (tertiary alicyclic amines) is 2. The zero-order valence-electron chi connectivity index (χ0n) is 16.3. The van der Waals surface area contributed by atoms with Crippen LogP contribution in [0.25, 0.3) is 0 Å². The van der Waals surface area contributed by atoms with E-state index >= 15 is 0 Å². The summed E-state index contributed by atoms with van der Waals surface area (Å²) < 4.78 is 5.16. The Morgan fingerprint density at radius 3 is 2.58 bits per heavy atom. The van der Waals surface area contributed by atoms with Crippen LogP contribution in [0.2, 0.25) is 0 Å². The molecule has 1 aromatic carbocycles. The third-order valence-corrected chi connectivity index (χ3v) is 5.82. The van der Waals surface area contributed by atoms with Crippen LogP contribution in [0.5, 0.6) is 0 Å². The van der Waals surface area contributed by atoms with Gasteiger partial charge < -0.3 is 9.64 Å². The third kappa shape index (κ3) is 5.55. The fraction of sp³-hybridized carbons (Fsp3) is 0.682. The highest BCUT2D eigenvalue weighted by Crippen LogP contribution is 2.23. The molecule has 0 bridgehead atoms. The van der Waals surface area contributed by atoms with Gasteiger partial charge in [0, 0.05) is 38.9 Å². The Morgan fingerprint density at radius 1 is 1.08 bits per heavy atom. The zero-order chi connectivity index (χ0) is 18.2. The summed E-state index contributed by atoms with van der Waals surface area (Å²) in [6.07, 6.45) is 8.61. The summed E-state index contributed by atoms with van der Waals surface area (Å²) in [5.74, 6) is 0.826. The Kier molecular flexibility index (Phi) is 7.51. The van der Waals surface area contributed by atoms with Gasteiger partial charge in [-0.05, 0) is 75.2 Å². The molecule has 2 heterocycles. The molecule has 0 spiro atoms. The minimum Gasteiger partial charge on any atom is -0.385 e. The summed E-state index contributed by atoms with van der Waals surface area (Å²) in [5, 5.41) is 0. The second kappa shape index (κ2) is 10.1. The van der Waals surface area contributed by atoms with E-state index in [2.05, 4.69) is 21.9 Å². The van der Waals surface area contributed by atoms with E-state index in [4.69, 9.17) is 4.74 Å². The first-order valence-electron chi connectivity index (χ1n) is 10.4. The van der Waals surface area contributed by atoms with Gasteiger partial charge in [0.2, 0.25) is 0 Å². The van der Waals surface area contributed by atoms with Gasteiger partial charge >= 0.3 is 0 Å². The number of rotatable bonds is 7. The molecule has 2 aliphatic rings. The van der Waals surface area contributed by atoms with Crippen molar-refractivity contribution in [3.8, 4) is 0 Å². The number of piperidine rings is 2. The lowest BCUT2D eigenvalue weighted by Gasteiger charge is -2.33. The zero-order valence-corrected chi connectivity index (χ0v) is 16.3. The molecule has 0 aliphatic carbocycles. The van der Waals surface area contributed by atoms with Crippen molar-refractivity contribution in [3.05, 3.63) is 35.4 Å². The molecule has 4 nitrogen and oxygen atoms in total. The molecule has 2 aliphatic heterocycles. The van der Waals surface area contributed by atoms with Crippen LogP contribution in [0, 0.1) is 5.92 Å². The predicted octanol–water partition coefficient (Wildman–Crippen LogP) is 3.95. The maximum atomic E-state index is 12.9. The third-order valence-electron chi connectivity index (χ3n) is 5.82. The number of hydrogen-bond acceptors (Lipinski definition) is 3. The van der Waals surface area contributed by atoms with Gasteiger partial charge in [0.25, 0.3) is 5.91 Å². The van der Waals surface area contributed by atoms with Crippen LogP contribution in [-0.4, -0.2) is 55.6 Å². The number of carbonyl (C=O) groups is 1. The fourth-order valence-corrected chi connectivity index (χ4v) is 4.31. The van der Waals surface area contributed by atoms with Gasteiger partial charge in [-0.15, -0.1) is 0 Å². The molecule has 1 aromatic rings. The van der Waals surface area contributed by atoms with E-state index in [0.717, 1.165) is 51.1 Å². The second-order valence-corrected chi connectivity index (χ2v) is 7.93. The highest BCUT2D eigenvalue weighted by Gasteiger charge is 2.24. The van der Waals surface area contributed by atoms with Gasteiger partial charge in [-0.2, -0.15) is 0 Å². The van der Waals surface area contributed by atoms with Crippen molar-refractivity contribution >= 4 is 5.91 Å². The second-order valence-electron chi connectivity index (χ2n) is 7.93. The Labute approximate surface area is 158 Å². The molecule has 2 fully saturated rings. The average Bonchev–Trinajstić information content (AvgIpc) is 2.69. The minimum atomic E-state index is 0.200. The predicted molar refractivity (Wildman–Crippen MR) is 105 cm³/mol. The highest BCUT2D eigenvalue weighted by atomic mass is 16.5. The molecule has 26 heavy (non-hydrogen) atoms. The summed E-state index contributed by atoms with van der Waals surface area (Å²) in [5.41, 5.74) is 2.16. The van der Waals surface area contributed by atoms with Crippen LogP contribution in [0.4, 0.5) is 0 Å². The Balaban J connectivity index is 1.52. The topological polar surface area (TPSA) is 32.8 Å². The van der Waals surface area contributed by atoms with Gasteiger partial charge in [0.1, 0.15) is 0 Å². The molecule has 1 atom stereocenters. The molecule has 2 saturated heterocycles. The first-order chi connectivity index (χ1) is 12.8. The summed E-state index contributed by atoms with van der Waals surface area (Å²) in [6, 6.07) is 8.33. The molecule has 1 amide bonds. The number of carbonyl (C=O) groups excluding carboxylic acids is 1. The quantitative estimate of drug-likeness (QED) is 0.692. The van der Waals surface area contributed by atoms with Crippen LogP contribution < -0.4 is 0 Å². The average molecular weight is 359 g/mol. The van der Waals surface area contributed by atoms with E-state index < -0.39 is 0 Å². The Morgan fingerprint density at radius 2 is 1.85 bits per heavy atom. The maximum Gasteiger partial charge on any atom is 0.253 e. The smallest absolute Gasteiger partial charge is 0.253 e. The summed E-state index contributed by atoms with van der Waals surface area (Å²) >= 11 is 0. The number of amides is 1. The maximum absolute atomic E-state index is 12.9. The molecule has 0 saturated carbocycles. The monoisotopic (exact) mass is 358 g/mol. The van der Waals surface area contributed by atoms with Gasteiger partial charge in [0.15, 0.2) is 0 Å². The number of methoxy groups -OCH3 is 1. The van der Waals surface area contributed by atoms with Crippen LogP contribution in [0.15, 0.2) is 24.3 Å². The molecule has 0 radical (unpaired) electrons. The first kappa shape index (κ1) is 19.4. The van der Waals surface area contributed by atoms with Gasteiger partial charge in [-0.3, -0.25) is 9.69 Å². The molecule has 0 N–H and O–H groups in total. The number of hydrogen-bond donors (Lipinski definition) is 0. The summed E-state index contributed by atoms with van der Waals surface area (Å²) in [4.78, 5) is 17.4. The van der Waals surface area contributed by atoms with Crippen LogP contribution in [-0.2, 0) is 11.3 Å². The van der Waals surface area contributed by atoms with E-state index in [0.29, 0.717) is 5.92 Å². The van der Waals surface area contributed by atoms with E-state index in [1.54, 1.807) is 7.11 Å². The molecule has 1 unspecified atom stereocenters. The molecular formula is C22H34N2O2. The van der Waals surface area contributed by atoms with Crippen molar-refractivity contribution in [1.29, 1.82) is 0 Å². The number of nitrogens with zero attached hydrogens (tertiary/aromatic N) is 2. The Hall–Kier alpha value is -1.39. The molecule has 0 aromatic heterocycles.